The van der Waals surface area contributed by atoms with Gasteiger partial charge in [0, 0.05) is 18.0 Å². The number of rotatable bonds is 3. The van der Waals surface area contributed by atoms with Crippen molar-refractivity contribution in [2.45, 2.75) is 109 Å². The number of hydrogen-bond acceptors (Lipinski definition) is 3. The van der Waals surface area contributed by atoms with Crippen molar-refractivity contribution < 1.29 is 14.0 Å². The summed E-state index contributed by atoms with van der Waals surface area (Å²) >= 11 is 0. The van der Waals surface area contributed by atoms with Gasteiger partial charge >= 0.3 is 6.09 Å². The molecular weight excluding hydrogens is 342 g/mol. The fraction of sp³-hybridized carbons (Fsp3) is 0.857. The van der Waals surface area contributed by atoms with Crippen LogP contribution >= 0.6 is 0 Å². The second kappa shape index (κ2) is 7.21. The second-order valence-electron chi connectivity index (χ2n) is 10.6. The van der Waals surface area contributed by atoms with Crippen molar-refractivity contribution in [1.29, 1.82) is 0 Å². The van der Waals surface area contributed by atoms with Crippen molar-refractivity contribution in [3.63, 3.8) is 0 Å². The van der Waals surface area contributed by atoms with Crippen LogP contribution in [0, 0.1) is 5.92 Å². The van der Waals surface area contributed by atoms with Gasteiger partial charge in [0.1, 0.15) is 5.60 Å². The van der Waals surface area contributed by atoms with Crippen molar-refractivity contribution in [1.82, 2.24) is 4.90 Å². The molecule has 3 unspecified atom stereocenters. The smallest absolute Gasteiger partial charge is 0.410 e. The van der Waals surface area contributed by atoms with Gasteiger partial charge in [-0.25, -0.2) is 4.79 Å². The predicted molar refractivity (Wildman–Crippen MR) is 110 cm³/mol. The van der Waals surface area contributed by atoms with E-state index >= 15 is 0 Å². The average Bonchev–Trinajstić information content (AvgIpc) is 2.71. The lowest BCUT2D eigenvalue weighted by Gasteiger charge is -2.40. The molecule has 0 spiro atoms. The first-order valence-electron chi connectivity index (χ1n) is 10.1. The van der Waals surface area contributed by atoms with Gasteiger partial charge in [-0.3, -0.25) is 0 Å². The summed E-state index contributed by atoms with van der Waals surface area (Å²) in [5.74, 6) is 1.10. The van der Waals surface area contributed by atoms with E-state index in [0.717, 1.165) is 37.9 Å². The minimum atomic E-state index is -1.92. The minimum Gasteiger partial charge on any atom is -0.547 e. The Bertz CT molecular complexity index is 544. The van der Waals surface area contributed by atoms with Crippen LogP contribution in [-0.4, -0.2) is 37.0 Å². The molecule has 2 saturated heterocycles. The third kappa shape index (κ3) is 4.65. The molecule has 2 rings (SSSR count). The fourth-order valence-electron chi connectivity index (χ4n) is 3.89. The van der Waals surface area contributed by atoms with Gasteiger partial charge in [-0.15, -0.1) is 0 Å². The van der Waals surface area contributed by atoms with Gasteiger partial charge in [-0.05, 0) is 64.6 Å². The maximum absolute atomic E-state index is 12.9. The van der Waals surface area contributed by atoms with Crippen molar-refractivity contribution in [2.75, 3.05) is 0 Å². The molecule has 4 nitrogen and oxygen atoms in total. The monoisotopic (exact) mass is 381 g/mol. The summed E-state index contributed by atoms with van der Waals surface area (Å²) in [4.78, 5) is 14.9. The van der Waals surface area contributed by atoms with E-state index in [1.54, 1.807) is 0 Å². The topological polar surface area (TPSA) is 38.8 Å². The predicted octanol–water partition coefficient (Wildman–Crippen LogP) is 6.09. The lowest BCUT2D eigenvalue weighted by atomic mass is 9.89. The minimum absolute atomic E-state index is 0.143. The molecule has 2 bridgehead atoms. The summed E-state index contributed by atoms with van der Waals surface area (Å²) in [7, 11) is -1.92. The number of ether oxygens (including phenoxy) is 1. The molecule has 2 heterocycles. The van der Waals surface area contributed by atoms with Crippen LogP contribution < -0.4 is 0 Å². The Balaban J connectivity index is 2.19. The van der Waals surface area contributed by atoms with E-state index in [1.165, 1.54) is 0 Å². The molecule has 5 heteroatoms. The zero-order valence-corrected chi connectivity index (χ0v) is 19.1. The molecule has 0 N–H and O–H groups in total. The van der Waals surface area contributed by atoms with Gasteiger partial charge in [-0.1, -0.05) is 33.8 Å². The van der Waals surface area contributed by atoms with E-state index in [4.69, 9.17) is 9.16 Å². The molecule has 1 amide bonds. The van der Waals surface area contributed by atoms with E-state index in [9.17, 15) is 4.79 Å². The molecule has 0 radical (unpaired) electrons. The first-order chi connectivity index (χ1) is 11.7. The van der Waals surface area contributed by atoms with Gasteiger partial charge in [-0.2, -0.15) is 0 Å². The number of hydrogen-bond donors (Lipinski definition) is 0. The third-order valence-corrected chi connectivity index (χ3v) is 10.7. The maximum atomic E-state index is 12.9. The maximum Gasteiger partial charge on any atom is 0.410 e. The van der Waals surface area contributed by atoms with Gasteiger partial charge in [0.2, 0.25) is 8.32 Å². The van der Waals surface area contributed by atoms with Crippen LogP contribution in [0.4, 0.5) is 4.79 Å². The van der Waals surface area contributed by atoms with Crippen molar-refractivity contribution >= 4 is 14.4 Å². The molecule has 0 aliphatic carbocycles. The first kappa shape index (κ1) is 21.3. The van der Waals surface area contributed by atoms with E-state index < -0.39 is 13.9 Å². The van der Waals surface area contributed by atoms with E-state index in [-0.39, 0.29) is 23.1 Å². The Morgan fingerprint density at radius 1 is 1.04 bits per heavy atom. The van der Waals surface area contributed by atoms with Crippen molar-refractivity contribution in [2.24, 2.45) is 5.92 Å². The first-order valence-corrected chi connectivity index (χ1v) is 13.0. The quantitative estimate of drug-likeness (QED) is 0.438. The molecule has 0 saturated carbocycles. The number of nitrogens with zero attached hydrogens (tertiary/aromatic N) is 1. The highest BCUT2D eigenvalue weighted by Gasteiger charge is 2.47. The summed E-state index contributed by atoms with van der Waals surface area (Å²) in [5.41, 5.74) is -0.465. The molecule has 2 aliphatic heterocycles. The van der Waals surface area contributed by atoms with Crippen molar-refractivity contribution in [3.8, 4) is 0 Å². The summed E-state index contributed by atoms with van der Waals surface area (Å²) < 4.78 is 12.3. The van der Waals surface area contributed by atoms with Crippen LogP contribution in [0.25, 0.3) is 0 Å². The average molecular weight is 382 g/mol. The molecule has 0 aromatic heterocycles. The Hall–Kier alpha value is -0.973. The van der Waals surface area contributed by atoms with Crippen LogP contribution in [0.5, 0.6) is 0 Å². The lowest BCUT2D eigenvalue weighted by molar-refractivity contribution is 0.0112. The van der Waals surface area contributed by atoms with Crippen molar-refractivity contribution in [3.05, 3.63) is 12.3 Å². The highest BCUT2D eigenvalue weighted by atomic mass is 28.4. The summed E-state index contributed by atoms with van der Waals surface area (Å²) in [6.45, 7) is 21.4. The Morgan fingerprint density at radius 2 is 1.65 bits per heavy atom. The van der Waals surface area contributed by atoms with E-state index in [1.807, 2.05) is 25.7 Å². The molecular formula is C21H39NO3Si. The number of carbonyl (C=O) groups is 1. The van der Waals surface area contributed by atoms with Crippen LogP contribution in [0.2, 0.25) is 18.1 Å². The highest BCUT2D eigenvalue weighted by Crippen LogP contribution is 2.44. The molecule has 0 aromatic carbocycles. The SMILES string of the molecule is C=C(O[Si](C)(C)C(C)(C)C)C1CCCC2CCC1N2C(=O)OC(C)(C)C. The van der Waals surface area contributed by atoms with E-state index in [0.29, 0.717) is 6.04 Å². The zero-order valence-electron chi connectivity index (χ0n) is 18.1. The fourth-order valence-corrected chi connectivity index (χ4v) is 5.00. The largest absolute Gasteiger partial charge is 0.547 e. The molecule has 26 heavy (non-hydrogen) atoms. The highest BCUT2D eigenvalue weighted by molar-refractivity contribution is 6.74. The second-order valence-corrected chi connectivity index (χ2v) is 15.3. The number of amides is 1. The molecule has 0 aromatic rings. The standard InChI is InChI=1S/C21H39NO3Si/c1-15(25-26(8,9)21(5,6)7)17-12-10-11-16-13-14-18(17)22(16)19(23)24-20(2,3)4/h16-18H,1,10-14H2,2-9H3. The summed E-state index contributed by atoms with van der Waals surface area (Å²) in [6, 6.07) is 0.468. The lowest BCUT2D eigenvalue weighted by Crippen LogP contribution is -2.47. The van der Waals surface area contributed by atoms with Gasteiger partial charge in [0.05, 0.1) is 5.76 Å². The Labute approximate surface area is 161 Å². The van der Waals surface area contributed by atoms with Gasteiger partial charge < -0.3 is 14.1 Å². The molecule has 3 atom stereocenters. The molecule has 2 aliphatic rings. The van der Waals surface area contributed by atoms with Gasteiger partial charge in [0.15, 0.2) is 0 Å². The van der Waals surface area contributed by atoms with Crippen LogP contribution in [-0.2, 0) is 9.16 Å². The van der Waals surface area contributed by atoms with Crippen LogP contribution in [0.1, 0.15) is 73.6 Å². The number of carbonyl (C=O) groups excluding carboxylic acids is 1. The number of fused-ring (bicyclic) bond motifs is 2. The normalized spacial score (nSPS) is 27.1. The Morgan fingerprint density at radius 3 is 2.19 bits per heavy atom. The third-order valence-electron chi connectivity index (χ3n) is 6.27. The van der Waals surface area contributed by atoms with Crippen LogP contribution in [0.15, 0.2) is 12.3 Å². The van der Waals surface area contributed by atoms with Gasteiger partial charge in [0.25, 0.3) is 0 Å². The summed E-state index contributed by atoms with van der Waals surface area (Å²) in [5, 5.41) is 0.143. The zero-order chi connectivity index (χ0) is 19.9. The molecule has 150 valence electrons. The van der Waals surface area contributed by atoms with E-state index in [2.05, 4.69) is 40.4 Å². The van der Waals surface area contributed by atoms with Crippen LogP contribution in [0.3, 0.4) is 0 Å². The Kier molecular flexibility index (Phi) is 5.92. The summed E-state index contributed by atoms with van der Waals surface area (Å²) in [6.07, 6.45) is 5.14. The molecule has 2 fully saturated rings.